The molecule has 27 heavy (non-hydrogen) atoms. The molecule has 6 heteroatoms. The molecule has 0 unspecified atom stereocenters. The molecule has 1 aliphatic heterocycles. The Kier molecular flexibility index (Phi) is 6.50. The molecule has 3 rings (SSSR count). The number of halogens is 1. The van der Waals surface area contributed by atoms with Crippen molar-refractivity contribution >= 4 is 33.7 Å². The minimum Gasteiger partial charge on any atom is -0.472 e. The predicted molar refractivity (Wildman–Crippen MR) is 110 cm³/mol. The lowest BCUT2D eigenvalue weighted by atomic mass is 10.1. The number of hydrogen-bond donors (Lipinski definition) is 0. The van der Waals surface area contributed by atoms with Crippen molar-refractivity contribution in [2.24, 2.45) is 0 Å². The second-order valence-corrected chi connectivity index (χ2v) is 7.35. The second kappa shape index (κ2) is 9.04. The first-order valence-electron chi connectivity index (χ1n) is 9.04. The molecule has 2 heterocycles. The monoisotopic (exact) mass is 430 g/mol. The Labute approximate surface area is 168 Å². The summed E-state index contributed by atoms with van der Waals surface area (Å²) in [6, 6.07) is 9.97. The largest absolute Gasteiger partial charge is 0.472 e. The fourth-order valence-electron chi connectivity index (χ4n) is 3.03. The van der Waals surface area contributed by atoms with Gasteiger partial charge in [-0.15, -0.1) is 0 Å². The first kappa shape index (κ1) is 19.4. The van der Waals surface area contributed by atoms with Crippen molar-refractivity contribution in [3.8, 4) is 5.88 Å². The summed E-state index contributed by atoms with van der Waals surface area (Å²) in [5.41, 5.74) is 3.15. The van der Waals surface area contributed by atoms with E-state index in [-0.39, 0.29) is 12.1 Å². The van der Waals surface area contributed by atoms with Gasteiger partial charge in [-0.1, -0.05) is 22.0 Å². The van der Waals surface area contributed by atoms with E-state index in [4.69, 9.17) is 9.47 Å². The highest BCUT2D eigenvalue weighted by molar-refractivity contribution is 9.10. The number of benzene rings is 1. The number of pyridine rings is 1. The fourth-order valence-corrected chi connectivity index (χ4v) is 3.41. The zero-order valence-electron chi connectivity index (χ0n) is 15.5. The van der Waals surface area contributed by atoms with Gasteiger partial charge in [0.2, 0.25) is 5.88 Å². The molecular formula is C21H23BrN2O3. The van der Waals surface area contributed by atoms with Gasteiger partial charge in [0.15, 0.2) is 0 Å². The van der Waals surface area contributed by atoms with Gasteiger partial charge in [0.25, 0.3) is 0 Å². The summed E-state index contributed by atoms with van der Waals surface area (Å²) >= 11 is 3.50. The van der Waals surface area contributed by atoms with E-state index in [0.29, 0.717) is 12.5 Å². The Morgan fingerprint density at radius 2 is 2.22 bits per heavy atom. The van der Waals surface area contributed by atoms with Gasteiger partial charge in [0.1, 0.15) is 6.10 Å². The fraction of sp³-hybridized carbons (Fsp3) is 0.333. The Morgan fingerprint density at radius 1 is 1.37 bits per heavy atom. The van der Waals surface area contributed by atoms with Crippen LogP contribution in [0.4, 0.5) is 5.69 Å². The van der Waals surface area contributed by atoms with E-state index in [1.807, 2.05) is 37.4 Å². The van der Waals surface area contributed by atoms with E-state index in [1.165, 1.54) is 6.08 Å². The molecule has 1 aromatic carbocycles. The maximum atomic E-state index is 11.7. The maximum Gasteiger partial charge on any atom is 0.330 e. The van der Waals surface area contributed by atoms with Crippen LogP contribution in [-0.2, 0) is 9.53 Å². The van der Waals surface area contributed by atoms with Crippen LogP contribution in [0.2, 0.25) is 0 Å². The van der Waals surface area contributed by atoms with Crippen LogP contribution in [-0.4, -0.2) is 36.8 Å². The number of carbonyl (C=O) groups excluding carboxylic acids is 1. The van der Waals surface area contributed by atoms with Crippen LogP contribution in [0.5, 0.6) is 5.88 Å². The first-order valence-corrected chi connectivity index (χ1v) is 9.83. The number of anilines is 1. The molecule has 1 fully saturated rings. The summed E-state index contributed by atoms with van der Waals surface area (Å²) < 4.78 is 12.0. The van der Waals surface area contributed by atoms with Crippen LogP contribution in [0.25, 0.3) is 6.08 Å². The van der Waals surface area contributed by atoms with Crippen LogP contribution in [0, 0.1) is 6.92 Å². The molecule has 1 aromatic heterocycles. The summed E-state index contributed by atoms with van der Waals surface area (Å²) in [5.74, 6) is 0.321. The molecule has 0 bridgehead atoms. The molecule has 0 amide bonds. The number of aromatic nitrogens is 1. The van der Waals surface area contributed by atoms with Crippen molar-refractivity contribution in [1.82, 2.24) is 4.98 Å². The van der Waals surface area contributed by atoms with Gasteiger partial charge in [0, 0.05) is 41.5 Å². The summed E-state index contributed by atoms with van der Waals surface area (Å²) in [4.78, 5) is 18.3. The van der Waals surface area contributed by atoms with Crippen LogP contribution in [0.1, 0.15) is 24.5 Å². The van der Waals surface area contributed by atoms with Gasteiger partial charge in [-0.2, -0.15) is 0 Å². The van der Waals surface area contributed by atoms with Crippen molar-refractivity contribution in [3.63, 3.8) is 0 Å². The van der Waals surface area contributed by atoms with Crippen LogP contribution in [0.15, 0.2) is 47.1 Å². The number of hydrogen-bond acceptors (Lipinski definition) is 5. The van der Waals surface area contributed by atoms with Gasteiger partial charge in [-0.25, -0.2) is 9.78 Å². The molecule has 1 saturated heterocycles. The molecular weight excluding hydrogens is 408 g/mol. The molecule has 0 saturated carbocycles. The molecule has 142 valence electrons. The normalized spacial score (nSPS) is 16.7. The van der Waals surface area contributed by atoms with E-state index >= 15 is 0 Å². The molecule has 0 aliphatic carbocycles. The third-order valence-electron chi connectivity index (χ3n) is 4.33. The SMILES string of the molecule is CCOC(=O)/C=C/c1cc(Br)ccc1N1CC[C@H](Oc2ccc(C)cn2)C1. The third-order valence-corrected chi connectivity index (χ3v) is 4.83. The maximum absolute atomic E-state index is 11.7. The van der Waals surface area contributed by atoms with Gasteiger partial charge in [-0.05, 0) is 49.2 Å². The van der Waals surface area contributed by atoms with Crippen molar-refractivity contribution < 1.29 is 14.3 Å². The van der Waals surface area contributed by atoms with Gasteiger partial charge in [0.05, 0.1) is 13.2 Å². The number of esters is 1. The number of carbonyl (C=O) groups is 1. The van der Waals surface area contributed by atoms with E-state index < -0.39 is 0 Å². The summed E-state index contributed by atoms with van der Waals surface area (Å²) in [6.07, 6.45) is 6.09. The smallest absolute Gasteiger partial charge is 0.330 e. The summed E-state index contributed by atoms with van der Waals surface area (Å²) in [5, 5.41) is 0. The minimum atomic E-state index is -0.337. The zero-order chi connectivity index (χ0) is 19.2. The third kappa shape index (κ3) is 5.32. The lowest BCUT2D eigenvalue weighted by Gasteiger charge is -2.21. The van der Waals surface area contributed by atoms with Crippen molar-refractivity contribution in [1.29, 1.82) is 0 Å². The molecule has 5 nitrogen and oxygen atoms in total. The Morgan fingerprint density at radius 3 is 2.96 bits per heavy atom. The van der Waals surface area contributed by atoms with Crippen molar-refractivity contribution in [2.45, 2.75) is 26.4 Å². The Bertz CT molecular complexity index is 821. The van der Waals surface area contributed by atoms with E-state index in [9.17, 15) is 4.79 Å². The zero-order valence-corrected chi connectivity index (χ0v) is 17.1. The highest BCUT2D eigenvalue weighted by Crippen LogP contribution is 2.29. The van der Waals surface area contributed by atoms with Gasteiger partial charge < -0.3 is 14.4 Å². The first-order chi connectivity index (χ1) is 13.0. The van der Waals surface area contributed by atoms with Crippen molar-refractivity contribution in [3.05, 3.63) is 58.2 Å². The molecule has 0 radical (unpaired) electrons. The highest BCUT2D eigenvalue weighted by Gasteiger charge is 2.25. The Hall–Kier alpha value is -2.34. The van der Waals surface area contributed by atoms with E-state index in [2.05, 4.69) is 31.9 Å². The number of rotatable bonds is 6. The quantitative estimate of drug-likeness (QED) is 0.502. The van der Waals surface area contributed by atoms with Crippen LogP contribution >= 0.6 is 15.9 Å². The summed E-state index contributed by atoms with van der Waals surface area (Å²) in [7, 11) is 0. The average molecular weight is 431 g/mol. The number of ether oxygens (including phenoxy) is 2. The standard InChI is InChI=1S/C21H23BrN2O3/c1-3-26-21(25)9-5-16-12-17(22)6-7-19(16)24-11-10-18(14-24)27-20-8-4-15(2)13-23-20/h4-9,12-13,18H,3,10-11,14H2,1-2H3/b9-5+/t18-/m0/s1. The van der Waals surface area contributed by atoms with E-state index in [1.54, 1.807) is 13.0 Å². The number of aryl methyl sites for hydroxylation is 1. The minimum absolute atomic E-state index is 0.0886. The lowest BCUT2D eigenvalue weighted by Crippen LogP contribution is -2.25. The van der Waals surface area contributed by atoms with Gasteiger partial charge in [-0.3, -0.25) is 0 Å². The molecule has 1 aliphatic rings. The Balaban J connectivity index is 1.71. The van der Waals surface area contributed by atoms with Crippen LogP contribution in [0.3, 0.4) is 0 Å². The van der Waals surface area contributed by atoms with Crippen molar-refractivity contribution in [2.75, 3.05) is 24.6 Å². The molecule has 0 spiro atoms. The molecule has 2 aromatic rings. The van der Waals surface area contributed by atoms with Gasteiger partial charge >= 0.3 is 5.97 Å². The molecule has 1 atom stereocenters. The topological polar surface area (TPSA) is 51.7 Å². The predicted octanol–water partition coefficient (Wildman–Crippen LogP) is 4.39. The number of nitrogens with zero attached hydrogens (tertiary/aromatic N) is 2. The molecule has 0 N–H and O–H groups in total. The summed E-state index contributed by atoms with van der Waals surface area (Å²) in [6.45, 7) is 5.83. The van der Waals surface area contributed by atoms with E-state index in [0.717, 1.165) is 40.8 Å². The highest BCUT2D eigenvalue weighted by atomic mass is 79.9. The second-order valence-electron chi connectivity index (χ2n) is 6.44. The average Bonchev–Trinajstić information content (AvgIpc) is 3.10. The lowest BCUT2D eigenvalue weighted by molar-refractivity contribution is -0.137. The van der Waals surface area contributed by atoms with Crippen LogP contribution < -0.4 is 9.64 Å².